The molecule has 138 valence electrons. The van der Waals surface area contributed by atoms with E-state index in [9.17, 15) is 4.79 Å². The predicted octanol–water partition coefficient (Wildman–Crippen LogP) is 2.80. The third kappa shape index (κ3) is 3.95. The van der Waals surface area contributed by atoms with Crippen molar-refractivity contribution in [3.63, 3.8) is 0 Å². The Kier molecular flexibility index (Phi) is 5.40. The quantitative estimate of drug-likeness (QED) is 0.916. The Morgan fingerprint density at radius 1 is 1.08 bits per heavy atom. The normalized spacial score (nSPS) is 14.5. The standard InChI is InChI=1S/C20H27N5O/c1-5-21-18-13-16(4)22-20(23-18)25-10-8-24(9-11-25)19(26)17-7-6-14(2)12-15(17)3/h6-7,12-13H,5,8-11H2,1-4H3,(H,21,22,23). The molecule has 6 nitrogen and oxygen atoms in total. The van der Waals surface area contributed by atoms with E-state index >= 15 is 0 Å². The minimum Gasteiger partial charge on any atom is -0.370 e. The van der Waals surface area contributed by atoms with Gasteiger partial charge in [-0.05, 0) is 39.3 Å². The SMILES string of the molecule is CCNc1cc(C)nc(N2CCN(C(=O)c3ccc(C)cc3C)CC2)n1. The van der Waals surface area contributed by atoms with Gasteiger partial charge in [-0.1, -0.05) is 17.7 Å². The van der Waals surface area contributed by atoms with Crippen LogP contribution < -0.4 is 10.2 Å². The molecular weight excluding hydrogens is 326 g/mol. The first-order valence-electron chi connectivity index (χ1n) is 9.19. The number of amides is 1. The number of carbonyl (C=O) groups excluding carboxylic acids is 1. The van der Waals surface area contributed by atoms with Crippen LogP contribution in [0.2, 0.25) is 0 Å². The summed E-state index contributed by atoms with van der Waals surface area (Å²) >= 11 is 0. The molecule has 1 aromatic heterocycles. The van der Waals surface area contributed by atoms with Gasteiger partial charge in [0.25, 0.3) is 5.91 Å². The number of piperazine rings is 1. The first kappa shape index (κ1) is 18.2. The fourth-order valence-corrected chi connectivity index (χ4v) is 3.30. The molecule has 0 saturated carbocycles. The van der Waals surface area contributed by atoms with Crippen molar-refractivity contribution >= 4 is 17.7 Å². The maximum Gasteiger partial charge on any atom is 0.254 e. The van der Waals surface area contributed by atoms with E-state index in [1.807, 2.05) is 43.9 Å². The summed E-state index contributed by atoms with van der Waals surface area (Å²) in [6, 6.07) is 7.95. The van der Waals surface area contributed by atoms with E-state index in [0.29, 0.717) is 13.1 Å². The van der Waals surface area contributed by atoms with Crippen molar-refractivity contribution in [1.82, 2.24) is 14.9 Å². The van der Waals surface area contributed by atoms with Crippen molar-refractivity contribution in [2.24, 2.45) is 0 Å². The molecule has 1 N–H and O–H groups in total. The number of aryl methyl sites for hydroxylation is 3. The lowest BCUT2D eigenvalue weighted by atomic mass is 10.0. The van der Waals surface area contributed by atoms with Gasteiger partial charge in [-0.3, -0.25) is 4.79 Å². The van der Waals surface area contributed by atoms with E-state index in [4.69, 9.17) is 0 Å². The molecule has 0 spiro atoms. The van der Waals surface area contributed by atoms with Gasteiger partial charge in [-0.25, -0.2) is 4.98 Å². The number of nitrogens with one attached hydrogen (secondary N) is 1. The van der Waals surface area contributed by atoms with Gasteiger partial charge in [-0.2, -0.15) is 4.98 Å². The highest BCUT2D eigenvalue weighted by atomic mass is 16.2. The molecule has 0 unspecified atom stereocenters. The van der Waals surface area contributed by atoms with E-state index in [-0.39, 0.29) is 5.91 Å². The smallest absolute Gasteiger partial charge is 0.254 e. The summed E-state index contributed by atoms with van der Waals surface area (Å²) in [7, 11) is 0. The Bertz CT molecular complexity index is 797. The Labute approximate surface area is 155 Å². The van der Waals surface area contributed by atoms with Crippen LogP contribution in [0.15, 0.2) is 24.3 Å². The maximum absolute atomic E-state index is 12.8. The molecule has 26 heavy (non-hydrogen) atoms. The molecule has 1 aliphatic heterocycles. The number of hydrogen-bond donors (Lipinski definition) is 1. The van der Waals surface area contributed by atoms with Gasteiger partial charge in [-0.15, -0.1) is 0 Å². The van der Waals surface area contributed by atoms with Crippen LogP contribution in [-0.2, 0) is 0 Å². The number of carbonyl (C=O) groups is 1. The zero-order valence-electron chi connectivity index (χ0n) is 16.0. The summed E-state index contributed by atoms with van der Waals surface area (Å²) in [5, 5.41) is 3.24. The lowest BCUT2D eigenvalue weighted by Gasteiger charge is -2.35. The number of nitrogens with zero attached hydrogens (tertiary/aromatic N) is 4. The van der Waals surface area contributed by atoms with Crippen molar-refractivity contribution in [2.45, 2.75) is 27.7 Å². The zero-order chi connectivity index (χ0) is 18.7. The van der Waals surface area contributed by atoms with Gasteiger partial charge in [0.15, 0.2) is 0 Å². The van der Waals surface area contributed by atoms with Gasteiger partial charge in [0.2, 0.25) is 5.95 Å². The van der Waals surface area contributed by atoms with Crippen molar-refractivity contribution in [3.05, 3.63) is 46.6 Å². The molecule has 1 aromatic carbocycles. The zero-order valence-corrected chi connectivity index (χ0v) is 16.0. The van der Waals surface area contributed by atoms with E-state index in [1.165, 1.54) is 5.56 Å². The molecular formula is C20H27N5O. The third-order valence-electron chi connectivity index (χ3n) is 4.66. The minimum atomic E-state index is 0.112. The number of rotatable bonds is 4. The molecule has 2 heterocycles. The summed E-state index contributed by atoms with van der Waals surface area (Å²) in [6.45, 7) is 11.7. The molecule has 0 radical (unpaired) electrons. The summed E-state index contributed by atoms with van der Waals surface area (Å²) in [4.78, 5) is 26.1. The topological polar surface area (TPSA) is 61.4 Å². The number of hydrogen-bond acceptors (Lipinski definition) is 5. The van der Waals surface area contributed by atoms with Crippen LogP contribution >= 0.6 is 0 Å². The summed E-state index contributed by atoms with van der Waals surface area (Å²) < 4.78 is 0. The van der Waals surface area contributed by atoms with Gasteiger partial charge >= 0.3 is 0 Å². The molecule has 1 aliphatic rings. The monoisotopic (exact) mass is 353 g/mol. The Hall–Kier alpha value is -2.63. The molecule has 0 aliphatic carbocycles. The average molecular weight is 353 g/mol. The lowest BCUT2D eigenvalue weighted by Crippen LogP contribution is -2.49. The van der Waals surface area contributed by atoms with Crippen molar-refractivity contribution in [3.8, 4) is 0 Å². The third-order valence-corrected chi connectivity index (χ3v) is 4.66. The van der Waals surface area contributed by atoms with Crippen LogP contribution in [0, 0.1) is 20.8 Å². The Morgan fingerprint density at radius 3 is 2.46 bits per heavy atom. The van der Waals surface area contributed by atoms with Gasteiger partial charge < -0.3 is 15.1 Å². The molecule has 6 heteroatoms. The second-order valence-corrected chi connectivity index (χ2v) is 6.82. The highest BCUT2D eigenvalue weighted by molar-refractivity contribution is 5.95. The van der Waals surface area contributed by atoms with E-state index in [0.717, 1.165) is 48.2 Å². The summed E-state index contributed by atoms with van der Waals surface area (Å²) in [6.07, 6.45) is 0. The molecule has 1 saturated heterocycles. The van der Waals surface area contributed by atoms with Crippen molar-refractivity contribution in [1.29, 1.82) is 0 Å². The largest absolute Gasteiger partial charge is 0.370 e. The van der Waals surface area contributed by atoms with Gasteiger partial charge in [0.05, 0.1) is 0 Å². The van der Waals surface area contributed by atoms with Crippen LogP contribution in [0.4, 0.5) is 11.8 Å². The molecule has 0 atom stereocenters. The summed E-state index contributed by atoms with van der Waals surface area (Å²) in [5.74, 6) is 1.70. The second-order valence-electron chi connectivity index (χ2n) is 6.82. The molecule has 2 aromatic rings. The average Bonchev–Trinajstić information content (AvgIpc) is 2.61. The number of aromatic nitrogens is 2. The van der Waals surface area contributed by atoms with Crippen LogP contribution in [-0.4, -0.2) is 53.5 Å². The van der Waals surface area contributed by atoms with Gasteiger partial charge in [0.1, 0.15) is 5.82 Å². The number of benzene rings is 1. The van der Waals surface area contributed by atoms with Crippen molar-refractivity contribution < 1.29 is 4.79 Å². The predicted molar refractivity (Wildman–Crippen MR) is 105 cm³/mol. The highest BCUT2D eigenvalue weighted by Gasteiger charge is 2.24. The number of anilines is 2. The Morgan fingerprint density at radius 2 is 1.81 bits per heavy atom. The second kappa shape index (κ2) is 7.72. The van der Waals surface area contributed by atoms with Gasteiger partial charge in [0, 0.05) is 50.0 Å². The molecule has 1 amide bonds. The molecule has 1 fully saturated rings. The van der Waals surface area contributed by atoms with Crippen LogP contribution in [0.3, 0.4) is 0 Å². The fourth-order valence-electron chi connectivity index (χ4n) is 3.30. The molecule has 3 rings (SSSR count). The van der Waals surface area contributed by atoms with E-state index < -0.39 is 0 Å². The Balaban J connectivity index is 1.68. The maximum atomic E-state index is 12.8. The highest BCUT2D eigenvalue weighted by Crippen LogP contribution is 2.18. The first-order chi connectivity index (χ1) is 12.5. The minimum absolute atomic E-state index is 0.112. The first-order valence-corrected chi connectivity index (χ1v) is 9.19. The van der Waals surface area contributed by atoms with E-state index in [2.05, 4.69) is 33.2 Å². The van der Waals surface area contributed by atoms with Crippen LogP contribution in [0.25, 0.3) is 0 Å². The van der Waals surface area contributed by atoms with Crippen LogP contribution in [0.5, 0.6) is 0 Å². The van der Waals surface area contributed by atoms with Crippen molar-refractivity contribution in [2.75, 3.05) is 42.9 Å². The fraction of sp³-hybridized carbons (Fsp3) is 0.450. The molecule has 0 bridgehead atoms. The van der Waals surface area contributed by atoms with Crippen LogP contribution in [0.1, 0.15) is 34.1 Å². The lowest BCUT2D eigenvalue weighted by molar-refractivity contribution is 0.0745. The summed E-state index contributed by atoms with van der Waals surface area (Å²) in [5.41, 5.74) is 3.96. The van der Waals surface area contributed by atoms with E-state index in [1.54, 1.807) is 0 Å².